The molecule has 1 amide bonds. The number of hydrogen-bond donors (Lipinski definition) is 0. The van der Waals surface area contributed by atoms with Crippen molar-refractivity contribution in [2.24, 2.45) is 5.92 Å². The van der Waals surface area contributed by atoms with Gasteiger partial charge in [-0.1, -0.05) is 45.9 Å². The van der Waals surface area contributed by atoms with E-state index in [4.69, 9.17) is 5.10 Å². The summed E-state index contributed by atoms with van der Waals surface area (Å²) < 4.78 is 2.02. The molecule has 0 aliphatic carbocycles. The molecule has 1 saturated heterocycles. The Kier molecular flexibility index (Phi) is 6.55. The number of carbonyl (C=O) groups excluding carboxylic acids is 1. The minimum atomic E-state index is 0.156. The summed E-state index contributed by atoms with van der Waals surface area (Å²) >= 11 is 0. The van der Waals surface area contributed by atoms with Crippen molar-refractivity contribution in [3.8, 4) is 5.69 Å². The van der Waals surface area contributed by atoms with Gasteiger partial charge in [-0.15, -0.1) is 0 Å². The molecular weight excluding hydrogens is 348 g/mol. The largest absolute Gasteiger partial charge is 0.336 e. The maximum atomic E-state index is 13.6. The number of benzene rings is 1. The fourth-order valence-corrected chi connectivity index (χ4v) is 4.03. The fraction of sp³-hybridized carbons (Fsp3) is 0.565. The van der Waals surface area contributed by atoms with Crippen LogP contribution in [0.15, 0.2) is 24.3 Å². The van der Waals surface area contributed by atoms with Crippen molar-refractivity contribution in [1.29, 1.82) is 0 Å². The van der Waals surface area contributed by atoms with E-state index in [9.17, 15) is 4.79 Å². The quantitative estimate of drug-likeness (QED) is 0.765. The highest BCUT2D eigenvalue weighted by atomic mass is 16.2. The Morgan fingerprint density at radius 1 is 1.11 bits per heavy atom. The number of nitrogens with zero attached hydrogens (tertiary/aromatic N) is 4. The Hall–Kier alpha value is -2.14. The zero-order valence-corrected chi connectivity index (χ0v) is 18.0. The molecule has 0 saturated carbocycles. The summed E-state index contributed by atoms with van der Waals surface area (Å²) in [6.07, 6.45) is 1.61. The van der Waals surface area contributed by atoms with Crippen molar-refractivity contribution < 1.29 is 4.79 Å². The molecule has 2 aromatic rings. The van der Waals surface area contributed by atoms with Gasteiger partial charge in [-0.05, 0) is 43.9 Å². The molecule has 0 N–H and O–H groups in total. The molecular formula is C23H34N4O. The molecule has 0 spiro atoms. The van der Waals surface area contributed by atoms with E-state index in [-0.39, 0.29) is 5.91 Å². The molecule has 3 rings (SSSR count). The summed E-state index contributed by atoms with van der Waals surface area (Å²) in [5.74, 6) is 0.608. The third-order valence-corrected chi connectivity index (χ3v) is 5.65. The first-order valence-corrected chi connectivity index (χ1v) is 10.6. The third kappa shape index (κ3) is 4.14. The summed E-state index contributed by atoms with van der Waals surface area (Å²) in [5.41, 5.74) is 5.06. The van der Waals surface area contributed by atoms with Crippen LogP contribution in [0.2, 0.25) is 0 Å². The van der Waals surface area contributed by atoms with E-state index in [1.807, 2.05) is 21.7 Å². The molecule has 152 valence electrons. The van der Waals surface area contributed by atoms with Crippen molar-refractivity contribution in [2.45, 2.75) is 47.5 Å². The van der Waals surface area contributed by atoms with Crippen molar-refractivity contribution in [2.75, 3.05) is 32.7 Å². The van der Waals surface area contributed by atoms with Crippen LogP contribution in [0.5, 0.6) is 0 Å². The van der Waals surface area contributed by atoms with Crippen LogP contribution in [0.25, 0.3) is 5.69 Å². The molecule has 2 heterocycles. The molecule has 28 heavy (non-hydrogen) atoms. The number of piperazine rings is 1. The van der Waals surface area contributed by atoms with Gasteiger partial charge in [0.2, 0.25) is 0 Å². The van der Waals surface area contributed by atoms with Crippen LogP contribution in [-0.2, 0) is 12.8 Å². The number of likely N-dealkylation sites (N-methyl/N-ethyl adjacent to an activating group) is 1. The van der Waals surface area contributed by atoms with Crippen molar-refractivity contribution in [3.63, 3.8) is 0 Å². The number of carbonyl (C=O) groups is 1. The molecule has 1 aromatic heterocycles. The van der Waals surface area contributed by atoms with E-state index in [1.165, 1.54) is 5.56 Å². The molecule has 5 heteroatoms. The second-order valence-electron chi connectivity index (χ2n) is 8.14. The zero-order chi connectivity index (χ0) is 20.3. The zero-order valence-electron chi connectivity index (χ0n) is 18.0. The van der Waals surface area contributed by atoms with Gasteiger partial charge in [0, 0.05) is 26.2 Å². The van der Waals surface area contributed by atoms with Gasteiger partial charge in [-0.3, -0.25) is 4.79 Å². The Labute approximate surface area is 169 Å². The van der Waals surface area contributed by atoms with Crippen LogP contribution >= 0.6 is 0 Å². The minimum Gasteiger partial charge on any atom is -0.336 e. The molecule has 0 unspecified atom stereocenters. The Bertz CT molecular complexity index is 816. The lowest BCUT2D eigenvalue weighted by atomic mass is 10.0. The summed E-state index contributed by atoms with van der Waals surface area (Å²) in [7, 11) is 0. The average Bonchev–Trinajstić information content (AvgIpc) is 3.05. The third-order valence-electron chi connectivity index (χ3n) is 5.65. The lowest BCUT2D eigenvalue weighted by Gasteiger charge is -2.34. The Balaban J connectivity index is 2.03. The van der Waals surface area contributed by atoms with E-state index >= 15 is 0 Å². The number of rotatable bonds is 6. The van der Waals surface area contributed by atoms with Crippen molar-refractivity contribution in [3.05, 3.63) is 46.8 Å². The summed E-state index contributed by atoms with van der Waals surface area (Å²) in [6.45, 7) is 15.3. The van der Waals surface area contributed by atoms with Crippen molar-refractivity contribution in [1.82, 2.24) is 19.6 Å². The van der Waals surface area contributed by atoms with Gasteiger partial charge in [-0.2, -0.15) is 5.10 Å². The molecule has 1 aliphatic rings. The van der Waals surface area contributed by atoms with Gasteiger partial charge in [0.15, 0.2) is 0 Å². The van der Waals surface area contributed by atoms with E-state index in [0.717, 1.165) is 68.2 Å². The Morgan fingerprint density at radius 3 is 2.36 bits per heavy atom. The summed E-state index contributed by atoms with van der Waals surface area (Å²) in [6, 6.07) is 8.28. The highest BCUT2D eigenvalue weighted by Crippen LogP contribution is 2.25. The first kappa shape index (κ1) is 20.6. The second-order valence-corrected chi connectivity index (χ2v) is 8.14. The summed E-state index contributed by atoms with van der Waals surface area (Å²) in [5, 5.41) is 4.96. The lowest BCUT2D eigenvalue weighted by molar-refractivity contribution is 0.0641. The van der Waals surface area contributed by atoms with Gasteiger partial charge < -0.3 is 9.80 Å². The number of amides is 1. The standard InChI is InChI=1S/C23H34N4O/c1-6-20-22(23(28)26-14-12-25(7-2)13-15-26)19(16-17(3)4)24-27(20)21-11-9-8-10-18(21)5/h8-11,17H,6-7,12-16H2,1-5H3. The maximum Gasteiger partial charge on any atom is 0.257 e. The normalized spacial score (nSPS) is 15.4. The maximum absolute atomic E-state index is 13.6. The molecule has 5 nitrogen and oxygen atoms in total. The number of aryl methyl sites for hydroxylation is 1. The van der Waals surface area contributed by atoms with Gasteiger partial charge in [0.1, 0.15) is 0 Å². The fourth-order valence-electron chi connectivity index (χ4n) is 4.03. The minimum absolute atomic E-state index is 0.156. The molecule has 1 fully saturated rings. The van der Waals surface area contributed by atoms with Crippen molar-refractivity contribution >= 4 is 5.91 Å². The first-order chi connectivity index (χ1) is 13.5. The second kappa shape index (κ2) is 8.91. The van der Waals surface area contributed by atoms with Crippen LogP contribution in [-0.4, -0.2) is 58.2 Å². The van der Waals surface area contributed by atoms with E-state index in [1.54, 1.807) is 0 Å². The predicted octanol–water partition coefficient (Wildman–Crippen LogP) is 3.72. The smallest absolute Gasteiger partial charge is 0.257 e. The van der Waals surface area contributed by atoms with Crippen LogP contribution in [0.1, 0.15) is 55.0 Å². The van der Waals surface area contributed by atoms with Crippen LogP contribution in [0.3, 0.4) is 0 Å². The number of aromatic nitrogens is 2. The van der Waals surface area contributed by atoms with Gasteiger partial charge in [-0.25, -0.2) is 4.68 Å². The summed E-state index contributed by atoms with van der Waals surface area (Å²) in [4.78, 5) is 18.0. The SMILES string of the molecule is CCc1c(C(=O)N2CCN(CC)CC2)c(CC(C)C)nn1-c1ccccc1C. The molecule has 0 radical (unpaired) electrons. The monoisotopic (exact) mass is 382 g/mol. The molecule has 1 aromatic carbocycles. The van der Waals surface area contributed by atoms with Gasteiger partial charge in [0.25, 0.3) is 5.91 Å². The van der Waals surface area contributed by atoms with E-state index < -0.39 is 0 Å². The van der Waals surface area contributed by atoms with Gasteiger partial charge >= 0.3 is 0 Å². The molecule has 0 bridgehead atoms. The average molecular weight is 383 g/mol. The Morgan fingerprint density at radius 2 is 1.79 bits per heavy atom. The van der Waals surface area contributed by atoms with E-state index in [2.05, 4.69) is 51.7 Å². The number of hydrogen-bond acceptors (Lipinski definition) is 3. The highest BCUT2D eigenvalue weighted by Gasteiger charge is 2.29. The van der Waals surface area contributed by atoms with Crippen LogP contribution in [0, 0.1) is 12.8 Å². The molecule has 0 atom stereocenters. The van der Waals surface area contributed by atoms with Crippen LogP contribution in [0.4, 0.5) is 0 Å². The topological polar surface area (TPSA) is 41.4 Å². The molecule has 1 aliphatic heterocycles. The predicted molar refractivity (Wildman–Crippen MR) is 114 cm³/mol. The highest BCUT2D eigenvalue weighted by molar-refractivity contribution is 5.97. The van der Waals surface area contributed by atoms with Crippen LogP contribution < -0.4 is 0 Å². The van der Waals surface area contributed by atoms with E-state index in [0.29, 0.717) is 5.92 Å². The number of para-hydroxylation sites is 1. The van der Waals surface area contributed by atoms with Gasteiger partial charge in [0.05, 0.1) is 22.6 Å². The lowest BCUT2D eigenvalue weighted by Crippen LogP contribution is -2.48. The first-order valence-electron chi connectivity index (χ1n) is 10.6.